The van der Waals surface area contributed by atoms with Gasteiger partial charge in [-0.3, -0.25) is 9.59 Å². The van der Waals surface area contributed by atoms with E-state index in [1.54, 1.807) is 11.0 Å². The lowest BCUT2D eigenvalue weighted by Gasteiger charge is -2.30. The highest BCUT2D eigenvalue weighted by atomic mass is 19.1. The van der Waals surface area contributed by atoms with Crippen LogP contribution < -0.4 is 4.74 Å². The van der Waals surface area contributed by atoms with Crippen molar-refractivity contribution in [3.63, 3.8) is 0 Å². The zero-order valence-electron chi connectivity index (χ0n) is 18.6. The summed E-state index contributed by atoms with van der Waals surface area (Å²) in [6.07, 6.45) is 4.07. The van der Waals surface area contributed by atoms with E-state index >= 15 is 0 Å². The van der Waals surface area contributed by atoms with Crippen LogP contribution in [0.2, 0.25) is 0 Å². The number of ether oxygens (including phenoxy) is 1. The fourth-order valence-electron chi connectivity index (χ4n) is 3.99. The van der Waals surface area contributed by atoms with Gasteiger partial charge in [0.25, 0.3) is 0 Å². The fraction of sp³-hybridized carbons (Fsp3) is 0.214. The van der Waals surface area contributed by atoms with E-state index in [0.29, 0.717) is 38.3 Å². The van der Waals surface area contributed by atoms with Gasteiger partial charge in [0.1, 0.15) is 24.0 Å². The molecule has 4 rings (SSSR count). The van der Waals surface area contributed by atoms with E-state index in [-0.39, 0.29) is 11.5 Å². The van der Waals surface area contributed by atoms with Crippen LogP contribution in [0, 0.1) is 17.6 Å². The van der Waals surface area contributed by atoms with Crippen molar-refractivity contribution in [2.75, 3.05) is 13.1 Å². The molecule has 174 valence electrons. The van der Waals surface area contributed by atoms with Gasteiger partial charge in [-0.05, 0) is 60.4 Å². The van der Waals surface area contributed by atoms with Gasteiger partial charge in [0.15, 0.2) is 5.78 Å². The van der Waals surface area contributed by atoms with E-state index < -0.39 is 23.3 Å². The number of rotatable bonds is 7. The Morgan fingerprint density at radius 3 is 2.47 bits per heavy atom. The van der Waals surface area contributed by atoms with Crippen molar-refractivity contribution in [1.29, 1.82) is 0 Å². The van der Waals surface area contributed by atoms with Gasteiger partial charge in [-0.25, -0.2) is 8.78 Å². The first-order valence-electron chi connectivity index (χ1n) is 11.2. The Kier molecular flexibility index (Phi) is 7.48. The number of likely N-dealkylation sites (tertiary alicyclic amines) is 1. The first-order chi connectivity index (χ1) is 16.5. The van der Waals surface area contributed by atoms with E-state index in [9.17, 15) is 18.4 Å². The van der Waals surface area contributed by atoms with Gasteiger partial charge in [-0.1, -0.05) is 42.5 Å². The highest BCUT2D eigenvalue weighted by Gasteiger charge is 2.28. The van der Waals surface area contributed by atoms with Crippen LogP contribution in [0.5, 0.6) is 5.75 Å². The van der Waals surface area contributed by atoms with Gasteiger partial charge < -0.3 is 9.64 Å². The van der Waals surface area contributed by atoms with Crippen molar-refractivity contribution in [3.05, 3.63) is 107 Å². The number of carbonyl (C=O) groups is 2. The maximum atomic E-state index is 13.9. The summed E-state index contributed by atoms with van der Waals surface area (Å²) in [5.41, 5.74) is 1.69. The first-order valence-corrected chi connectivity index (χ1v) is 11.2. The lowest BCUT2D eigenvalue weighted by Crippen LogP contribution is -2.39. The molecule has 0 aromatic heterocycles. The topological polar surface area (TPSA) is 46.6 Å². The molecule has 6 heteroatoms. The van der Waals surface area contributed by atoms with Crippen molar-refractivity contribution in [2.24, 2.45) is 5.92 Å². The van der Waals surface area contributed by atoms with Crippen LogP contribution in [-0.2, 0) is 11.4 Å². The zero-order valence-corrected chi connectivity index (χ0v) is 18.6. The predicted octanol–water partition coefficient (Wildman–Crippen LogP) is 5.68. The second-order valence-electron chi connectivity index (χ2n) is 8.27. The third-order valence-corrected chi connectivity index (χ3v) is 5.90. The van der Waals surface area contributed by atoms with E-state index in [2.05, 4.69) is 0 Å². The SMILES string of the molecule is O=C(c1cc(F)ccc1F)C1CCN(C(=O)/C=C/c2cccc(OCc3ccccc3)c2)CC1. The molecule has 1 amide bonds. The van der Waals surface area contributed by atoms with Crippen molar-refractivity contribution in [2.45, 2.75) is 19.4 Å². The van der Waals surface area contributed by atoms with Crippen LogP contribution in [0.1, 0.15) is 34.3 Å². The summed E-state index contributed by atoms with van der Waals surface area (Å²) in [6, 6.07) is 20.2. The Balaban J connectivity index is 1.30. The largest absolute Gasteiger partial charge is 0.489 e. The number of hydrogen-bond donors (Lipinski definition) is 0. The third kappa shape index (κ3) is 5.95. The molecule has 3 aromatic carbocycles. The molecule has 1 aliphatic heterocycles. The molecule has 0 aliphatic carbocycles. The number of hydrogen-bond acceptors (Lipinski definition) is 3. The number of carbonyl (C=O) groups excluding carboxylic acids is 2. The molecule has 1 saturated heterocycles. The molecule has 4 nitrogen and oxygen atoms in total. The average Bonchev–Trinajstić information content (AvgIpc) is 2.88. The number of ketones is 1. The number of amides is 1. The Bertz CT molecular complexity index is 1190. The average molecular weight is 462 g/mol. The summed E-state index contributed by atoms with van der Waals surface area (Å²) in [5, 5.41) is 0. The van der Waals surface area contributed by atoms with Gasteiger partial charge in [-0.2, -0.15) is 0 Å². The van der Waals surface area contributed by atoms with Gasteiger partial charge >= 0.3 is 0 Å². The molecule has 1 heterocycles. The van der Waals surface area contributed by atoms with Crippen LogP contribution in [0.3, 0.4) is 0 Å². The minimum absolute atomic E-state index is 0.154. The molecule has 3 aromatic rings. The monoisotopic (exact) mass is 461 g/mol. The van der Waals surface area contributed by atoms with Crippen molar-refractivity contribution < 1.29 is 23.1 Å². The second-order valence-corrected chi connectivity index (χ2v) is 8.27. The van der Waals surface area contributed by atoms with Gasteiger partial charge in [-0.15, -0.1) is 0 Å². The quantitative estimate of drug-likeness (QED) is 0.336. The van der Waals surface area contributed by atoms with Crippen molar-refractivity contribution in [3.8, 4) is 5.75 Å². The van der Waals surface area contributed by atoms with Crippen LogP contribution in [0.4, 0.5) is 8.78 Å². The van der Waals surface area contributed by atoms with Crippen molar-refractivity contribution in [1.82, 2.24) is 4.90 Å². The predicted molar refractivity (Wildman–Crippen MR) is 126 cm³/mol. The van der Waals surface area contributed by atoms with Crippen LogP contribution in [0.15, 0.2) is 78.9 Å². The van der Waals surface area contributed by atoms with Crippen LogP contribution in [-0.4, -0.2) is 29.7 Å². The smallest absolute Gasteiger partial charge is 0.246 e. The molecule has 34 heavy (non-hydrogen) atoms. The Hall–Kier alpha value is -3.80. The molecule has 0 spiro atoms. The molecule has 1 aliphatic rings. The standard InChI is InChI=1S/C28H25F2NO3/c29-23-10-11-26(30)25(18-23)28(33)22-13-15-31(16-14-22)27(32)12-9-20-7-4-8-24(17-20)34-19-21-5-2-1-3-6-21/h1-12,17-18,22H,13-16,19H2/b12-9+. The van der Waals surface area contributed by atoms with E-state index in [0.717, 1.165) is 29.3 Å². The highest BCUT2D eigenvalue weighted by molar-refractivity contribution is 5.98. The number of nitrogens with zero attached hydrogens (tertiary/aromatic N) is 1. The Morgan fingerprint density at radius 2 is 1.71 bits per heavy atom. The first kappa shape index (κ1) is 23.4. The minimum atomic E-state index is -0.720. The summed E-state index contributed by atoms with van der Waals surface area (Å²) in [4.78, 5) is 26.9. The summed E-state index contributed by atoms with van der Waals surface area (Å²) >= 11 is 0. The fourth-order valence-corrected chi connectivity index (χ4v) is 3.99. The zero-order chi connectivity index (χ0) is 23.9. The Labute approximate surface area is 197 Å². The third-order valence-electron chi connectivity index (χ3n) is 5.90. The molecule has 0 saturated carbocycles. The minimum Gasteiger partial charge on any atom is -0.489 e. The normalized spacial score (nSPS) is 14.4. The number of halogens is 2. The van der Waals surface area contributed by atoms with Crippen LogP contribution in [0.25, 0.3) is 6.08 Å². The van der Waals surface area contributed by atoms with Gasteiger partial charge in [0, 0.05) is 25.1 Å². The second kappa shape index (κ2) is 10.9. The molecular formula is C28H25F2NO3. The summed E-state index contributed by atoms with van der Waals surface area (Å²) in [7, 11) is 0. The summed E-state index contributed by atoms with van der Waals surface area (Å²) in [6.45, 7) is 1.23. The lowest BCUT2D eigenvalue weighted by atomic mass is 9.88. The van der Waals surface area contributed by atoms with E-state index in [1.165, 1.54) is 6.08 Å². The molecule has 0 N–H and O–H groups in total. The van der Waals surface area contributed by atoms with Crippen LogP contribution >= 0.6 is 0 Å². The number of Topliss-reactive ketones (excluding diaryl/α,β-unsaturated/α-hetero) is 1. The number of piperidine rings is 1. The molecular weight excluding hydrogens is 436 g/mol. The molecule has 0 unspecified atom stereocenters. The Morgan fingerprint density at radius 1 is 0.941 bits per heavy atom. The summed E-state index contributed by atoms with van der Waals surface area (Å²) < 4.78 is 33.2. The number of benzene rings is 3. The highest BCUT2D eigenvalue weighted by Crippen LogP contribution is 2.24. The molecule has 0 bridgehead atoms. The molecule has 0 atom stereocenters. The van der Waals surface area contributed by atoms with Gasteiger partial charge in [0.05, 0.1) is 5.56 Å². The maximum absolute atomic E-state index is 13.9. The summed E-state index contributed by atoms with van der Waals surface area (Å²) in [5.74, 6) is -1.64. The molecule has 0 radical (unpaired) electrons. The van der Waals surface area contributed by atoms with E-state index in [1.807, 2.05) is 54.6 Å². The van der Waals surface area contributed by atoms with Crippen molar-refractivity contribution >= 4 is 17.8 Å². The van der Waals surface area contributed by atoms with E-state index in [4.69, 9.17) is 4.74 Å². The lowest BCUT2D eigenvalue weighted by molar-refractivity contribution is -0.127. The molecule has 1 fully saturated rings. The van der Waals surface area contributed by atoms with Gasteiger partial charge in [0.2, 0.25) is 5.91 Å². The maximum Gasteiger partial charge on any atom is 0.246 e.